The Morgan fingerprint density at radius 1 is 1.39 bits per heavy atom. The van der Waals surface area contributed by atoms with Crippen molar-refractivity contribution < 1.29 is 23.0 Å². The second kappa shape index (κ2) is 4.05. The van der Waals surface area contributed by atoms with Crippen molar-refractivity contribution in [1.29, 1.82) is 0 Å². The van der Waals surface area contributed by atoms with Gasteiger partial charge in [-0.25, -0.2) is 13.6 Å². The number of amides is 1. The van der Waals surface area contributed by atoms with Crippen LogP contribution in [0.2, 0.25) is 0 Å². The highest BCUT2D eigenvalue weighted by Gasteiger charge is 2.54. The Labute approximate surface area is 105 Å². The first-order chi connectivity index (χ1) is 8.11. The van der Waals surface area contributed by atoms with Crippen LogP contribution in [0.25, 0.3) is 0 Å². The van der Waals surface area contributed by atoms with Crippen LogP contribution in [0, 0.1) is 0 Å². The van der Waals surface area contributed by atoms with E-state index in [1.807, 2.05) is 0 Å². The lowest BCUT2D eigenvalue weighted by molar-refractivity contribution is -0.0227. The van der Waals surface area contributed by atoms with Gasteiger partial charge in [-0.2, -0.15) is 0 Å². The summed E-state index contributed by atoms with van der Waals surface area (Å²) in [4.78, 5) is 13.3. The molecule has 1 unspecified atom stereocenters. The van der Waals surface area contributed by atoms with Gasteiger partial charge in [0.2, 0.25) is 0 Å². The molecular weight excluding hydrogens is 244 g/mol. The molecule has 18 heavy (non-hydrogen) atoms. The average Bonchev–Trinajstić information content (AvgIpc) is 2.69. The van der Waals surface area contributed by atoms with Gasteiger partial charge in [0.15, 0.2) is 0 Å². The van der Waals surface area contributed by atoms with Crippen molar-refractivity contribution in [2.75, 3.05) is 19.7 Å². The normalized spacial score (nSPS) is 31.1. The zero-order chi connectivity index (χ0) is 13.6. The van der Waals surface area contributed by atoms with Gasteiger partial charge in [-0.3, -0.25) is 0 Å². The van der Waals surface area contributed by atoms with Gasteiger partial charge in [-0.05, 0) is 27.2 Å². The lowest BCUT2D eigenvalue weighted by atomic mass is 9.98. The number of carbonyl (C=O) groups excluding carboxylic acids is 1. The van der Waals surface area contributed by atoms with Gasteiger partial charge in [0, 0.05) is 13.0 Å². The number of hydrogen-bond donors (Lipinski definition) is 0. The fraction of sp³-hybridized carbons (Fsp3) is 0.917. The minimum Gasteiger partial charge on any atom is -0.444 e. The molecule has 1 atom stereocenters. The maximum Gasteiger partial charge on any atom is 0.410 e. The Bertz CT molecular complexity index is 354. The highest BCUT2D eigenvalue weighted by atomic mass is 19.3. The minimum absolute atomic E-state index is 0.192. The van der Waals surface area contributed by atoms with Crippen LogP contribution in [0.5, 0.6) is 0 Å². The van der Waals surface area contributed by atoms with Crippen molar-refractivity contribution in [3.8, 4) is 0 Å². The summed E-state index contributed by atoms with van der Waals surface area (Å²) in [6.07, 6.45) is -0.320. The van der Waals surface area contributed by atoms with E-state index in [9.17, 15) is 13.6 Å². The molecule has 0 aromatic heterocycles. The number of halogens is 2. The van der Waals surface area contributed by atoms with Crippen molar-refractivity contribution >= 4 is 6.09 Å². The summed E-state index contributed by atoms with van der Waals surface area (Å²) in [7, 11) is 0. The molecule has 2 aliphatic heterocycles. The van der Waals surface area contributed by atoms with E-state index < -0.39 is 29.8 Å². The van der Waals surface area contributed by atoms with Gasteiger partial charge < -0.3 is 14.4 Å². The van der Waals surface area contributed by atoms with Crippen LogP contribution in [0.4, 0.5) is 13.6 Å². The Morgan fingerprint density at radius 3 is 2.56 bits per heavy atom. The number of alkyl halides is 2. The molecular formula is C12H19F2NO3. The van der Waals surface area contributed by atoms with Crippen LogP contribution < -0.4 is 0 Å². The van der Waals surface area contributed by atoms with E-state index in [1.54, 1.807) is 20.8 Å². The Balaban J connectivity index is 1.95. The molecule has 0 N–H and O–H groups in total. The largest absolute Gasteiger partial charge is 0.444 e. The monoisotopic (exact) mass is 263 g/mol. The van der Waals surface area contributed by atoms with Crippen molar-refractivity contribution in [1.82, 2.24) is 4.90 Å². The van der Waals surface area contributed by atoms with E-state index >= 15 is 0 Å². The molecule has 0 radical (unpaired) electrons. The first kappa shape index (κ1) is 13.5. The molecule has 0 aromatic rings. The summed E-state index contributed by atoms with van der Waals surface area (Å²) in [5.74, 6) is -2.77. The first-order valence-electron chi connectivity index (χ1n) is 6.11. The van der Waals surface area contributed by atoms with E-state index in [0.717, 1.165) is 0 Å². The number of likely N-dealkylation sites (tertiary alicyclic amines) is 1. The molecule has 2 rings (SSSR count). The highest BCUT2D eigenvalue weighted by molar-refractivity contribution is 5.68. The third-order valence-corrected chi connectivity index (χ3v) is 3.14. The Kier molecular flexibility index (Phi) is 3.04. The van der Waals surface area contributed by atoms with E-state index in [-0.39, 0.29) is 13.0 Å². The molecule has 2 aliphatic rings. The third kappa shape index (κ3) is 2.91. The predicted octanol–water partition coefficient (Wildman–Crippen LogP) is 2.42. The van der Waals surface area contributed by atoms with Crippen LogP contribution in [0.15, 0.2) is 0 Å². The molecule has 104 valence electrons. The summed E-state index contributed by atoms with van der Waals surface area (Å²) < 4.78 is 36.8. The van der Waals surface area contributed by atoms with Crippen LogP contribution in [0.1, 0.15) is 33.6 Å². The summed E-state index contributed by atoms with van der Waals surface area (Å²) in [6.45, 7) is 5.38. The zero-order valence-electron chi connectivity index (χ0n) is 11.0. The van der Waals surface area contributed by atoms with Crippen molar-refractivity contribution in [2.24, 2.45) is 0 Å². The lowest BCUT2D eigenvalue weighted by Crippen LogP contribution is -2.39. The van der Waals surface area contributed by atoms with Gasteiger partial charge in [-0.1, -0.05) is 0 Å². The molecule has 2 saturated heterocycles. The van der Waals surface area contributed by atoms with Gasteiger partial charge >= 0.3 is 6.09 Å². The maximum atomic E-state index is 13.2. The fourth-order valence-electron chi connectivity index (χ4n) is 2.42. The number of rotatable bonds is 0. The molecule has 0 aliphatic carbocycles. The topological polar surface area (TPSA) is 38.8 Å². The molecule has 6 heteroatoms. The zero-order valence-corrected chi connectivity index (χ0v) is 11.0. The first-order valence-corrected chi connectivity index (χ1v) is 6.11. The summed E-state index contributed by atoms with van der Waals surface area (Å²) >= 11 is 0. The molecule has 4 nitrogen and oxygen atoms in total. The van der Waals surface area contributed by atoms with Gasteiger partial charge in [0.05, 0.1) is 12.1 Å². The molecule has 0 aromatic carbocycles. The average molecular weight is 263 g/mol. The van der Waals surface area contributed by atoms with Crippen LogP contribution >= 0.6 is 0 Å². The molecule has 0 bridgehead atoms. The number of nitrogens with zero attached hydrogens (tertiary/aromatic N) is 1. The summed E-state index contributed by atoms with van der Waals surface area (Å²) in [5, 5.41) is 0. The molecule has 2 heterocycles. The van der Waals surface area contributed by atoms with Gasteiger partial charge in [0.25, 0.3) is 5.92 Å². The predicted molar refractivity (Wildman–Crippen MR) is 60.7 cm³/mol. The van der Waals surface area contributed by atoms with Gasteiger partial charge in [-0.15, -0.1) is 0 Å². The molecule has 1 amide bonds. The quantitative estimate of drug-likeness (QED) is 0.673. The number of ether oxygens (including phenoxy) is 2. The Morgan fingerprint density at radius 2 is 2.06 bits per heavy atom. The van der Waals surface area contributed by atoms with E-state index in [2.05, 4.69) is 0 Å². The standard InChI is InChI=1S/C12H19F2NO3/c1-10(2,3)18-9(16)15-5-4-11(7-15)6-12(13,14)8-17-11/h4-8H2,1-3H3. The second-order valence-electron chi connectivity index (χ2n) is 6.16. The molecule has 1 spiro atoms. The van der Waals surface area contributed by atoms with Crippen molar-refractivity contribution in [2.45, 2.75) is 50.7 Å². The lowest BCUT2D eigenvalue weighted by Gasteiger charge is -2.26. The third-order valence-electron chi connectivity index (χ3n) is 3.14. The van der Waals surface area contributed by atoms with Crippen LogP contribution in [-0.4, -0.2) is 47.8 Å². The van der Waals surface area contributed by atoms with E-state index in [4.69, 9.17) is 9.47 Å². The highest BCUT2D eigenvalue weighted by Crippen LogP contribution is 2.42. The van der Waals surface area contributed by atoms with Crippen LogP contribution in [-0.2, 0) is 9.47 Å². The van der Waals surface area contributed by atoms with Crippen LogP contribution in [0.3, 0.4) is 0 Å². The SMILES string of the molecule is CC(C)(C)OC(=O)N1CCC2(C1)CC(F)(F)CO2. The molecule has 0 saturated carbocycles. The number of carbonyl (C=O) groups is 1. The maximum absolute atomic E-state index is 13.2. The van der Waals surface area contributed by atoms with Gasteiger partial charge in [0.1, 0.15) is 12.2 Å². The summed E-state index contributed by atoms with van der Waals surface area (Å²) in [5.41, 5.74) is -1.45. The van der Waals surface area contributed by atoms with Crippen molar-refractivity contribution in [3.05, 3.63) is 0 Å². The van der Waals surface area contributed by atoms with E-state index in [1.165, 1.54) is 4.90 Å². The summed E-state index contributed by atoms with van der Waals surface area (Å²) in [6, 6.07) is 0. The smallest absolute Gasteiger partial charge is 0.410 e. The number of hydrogen-bond acceptors (Lipinski definition) is 3. The second-order valence-corrected chi connectivity index (χ2v) is 6.16. The fourth-order valence-corrected chi connectivity index (χ4v) is 2.42. The van der Waals surface area contributed by atoms with Crippen molar-refractivity contribution in [3.63, 3.8) is 0 Å². The Hall–Kier alpha value is -0.910. The van der Waals surface area contributed by atoms with E-state index in [0.29, 0.717) is 13.0 Å². The minimum atomic E-state index is -2.77. The molecule has 2 fully saturated rings.